The number of ketones is 1. The number of fused-ring (bicyclic) bond motifs is 1. The van der Waals surface area contributed by atoms with Crippen LogP contribution in [0.4, 0.5) is 0 Å². The van der Waals surface area contributed by atoms with Crippen LogP contribution in [0, 0.1) is 22.7 Å². The molecule has 0 bridgehead atoms. The second-order valence-electron chi connectivity index (χ2n) is 9.05. The Morgan fingerprint density at radius 1 is 1.33 bits per heavy atom. The molecule has 0 heterocycles. The van der Waals surface area contributed by atoms with Crippen LogP contribution in [0.5, 0.6) is 0 Å². The molecule has 0 spiro atoms. The van der Waals surface area contributed by atoms with E-state index in [9.17, 15) is 15.0 Å². The van der Waals surface area contributed by atoms with E-state index in [1.165, 1.54) is 5.57 Å². The minimum absolute atomic E-state index is 0.00693. The smallest absolute Gasteiger partial charge is 0.138 e. The van der Waals surface area contributed by atoms with E-state index in [0.29, 0.717) is 24.5 Å². The minimum Gasteiger partial charge on any atom is -0.394 e. The lowest BCUT2D eigenvalue weighted by atomic mass is 9.46. The Labute approximate surface area is 146 Å². The molecule has 0 amide bonds. The maximum absolute atomic E-state index is 12.4. The van der Waals surface area contributed by atoms with E-state index < -0.39 is 18.3 Å². The molecule has 0 aromatic heterocycles. The fourth-order valence-corrected chi connectivity index (χ4v) is 5.31. The molecular weight excluding hydrogens is 304 g/mol. The normalized spacial score (nSPS) is 36.8. The second kappa shape index (κ2) is 6.54. The molecule has 2 fully saturated rings. The van der Waals surface area contributed by atoms with E-state index in [1.807, 2.05) is 0 Å². The first-order valence-corrected chi connectivity index (χ1v) is 9.19. The van der Waals surface area contributed by atoms with Gasteiger partial charge >= 0.3 is 0 Å². The van der Waals surface area contributed by atoms with Gasteiger partial charge < -0.3 is 15.3 Å². The highest BCUT2D eigenvalue weighted by Gasteiger charge is 2.56. The maximum atomic E-state index is 12.4. The van der Waals surface area contributed by atoms with Crippen LogP contribution in [0.3, 0.4) is 0 Å². The van der Waals surface area contributed by atoms with E-state index in [-0.39, 0.29) is 16.7 Å². The van der Waals surface area contributed by atoms with E-state index >= 15 is 0 Å². The Hall–Kier alpha value is -0.710. The number of hydrogen-bond donors (Lipinski definition) is 3. The minimum atomic E-state index is -1.31. The zero-order chi connectivity index (χ0) is 18.3. The lowest BCUT2D eigenvalue weighted by molar-refractivity contribution is -0.146. The molecule has 138 valence electrons. The van der Waals surface area contributed by atoms with Gasteiger partial charge in [0.25, 0.3) is 0 Å². The molecule has 4 nitrogen and oxygen atoms in total. The summed E-state index contributed by atoms with van der Waals surface area (Å²) < 4.78 is 0. The molecule has 0 aromatic carbocycles. The van der Waals surface area contributed by atoms with Crippen molar-refractivity contribution in [3.8, 4) is 0 Å². The van der Waals surface area contributed by atoms with Crippen molar-refractivity contribution in [1.29, 1.82) is 0 Å². The number of rotatable bonds is 5. The quantitative estimate of drug-likeness (QED) is 0.674. The van der Waals surface area contributed by atoms with Gasteiger partial charge in [0.1, 0.15) is 11.9 Å². The lowest BCUT2D eigenvalue weighted by Gasteiger charge is -2.57. The van der Waals surface area contributed by atoms with Crippen molar-refractivity contribution in [2.75, 3.05) is 6.61 Å². The van der Waals surface area contributed by atoms with Gasteiger partial charge in [-0.05, 0) is 56.3 Å². The van der Waals surface area contributed by atoms with Crippen LogP contribution in [-0.2, 0) is 4.79 Å². The zero-order valence-corrected chi connectivity index (χ0v) is 15.6. The molecule has 2 aliphatic carbocycles. The number of Topliss-reactive ketones (excluding diaryl/α,β-unsaturated/α-hetero) is 1. The molecular formula is C20H34O4. The number of aliphatic hydroxyl groups excluding tert-OH is 2. The Kier molecular flexibility index (Phi) is 5.35. The van der Waals surface area contributed by atoms with Crippen LogP contribution in [0.15, 0.2) is 12.2 Å². The number of carbonyl (C=O) groups is 1. The van der Waals surface area contributed by atoms with Gasteiger partial charge in [0.2, 0.25) is 0 Å². The molecule has 0 saturated heterocycles. The van der Waals surface area contributed by atoms with Crippen molar-refractivity contribution in [1.82, 2.24) is 0 Å². The number of hydrogen-bond acceptors (Lipinski definition) is 4. The summed E-state index contributed by atoms with van der Waals surface area (Å²) in [6.45, 7) is 11.8. The van der Waals surface area contributed by atoms with Gasteiger partial charge in [-0.2, -0.15) is 0 Å². The van der Waals surface area contributed by atoms with E-state index in [1.54, 1.807) is 6.92 Å². The molecule has 0 aliphatic heterocycles. The van der Waals surface area contributed by atoms with Crippen molar-refractivity contribution in [3.63, 3.8) is 0 Å². The fraction of sp³-hybridized carbons (Fsp3) is 0.850. The molecule has 2 aliphatic rings. The lowest BCUT2D eigenvalue weighted by Crippen LogP contribution is -2.53. The van der Waals surface area contributed by atoms with Crippen LogP contribution in [0.25, 0.3) is 0 Å². The molecule has 0 radical (unpaired) electrons. The topological polar surface area (TPSA) is 77.8 Å². The Bertz CT molecular complexity index is 508. The molecule has 2 unspecified atom stereocenters. The highest BCUT2D eigenvalue weighted by atomic mass is 16.4. The fourth-order valence-electron chi connectivity index (χ4n) is 5.31. The third-order valence-corrected chi connectivity index (χ3v) is 7.15. The van der Waals surface area contributed by atoms with E-state index in [4.69, 9.17) is 5.11 Å². The molecule has 3 N–H and O–H groups in total. The third-order valence-electron chi connectivity index (χ3n) is 7.15. The standard InChI is InChI=1S/C20H34O4/c1-13-6-7-15-18(2,3)16(22)9-10-19(15,4)14(13)8-11-20(5,24)17(23)12-21/h14-15,17,21,23-24H,1,6-12H2,2-5H3/t14-,15-,17?,19+,20?/m1/s1. The third kappa shape index (κ3) is 3.21. The SMILES string of the molecule is C=C1CC[C@@H]2C(C)(C)C(=O)CC[C@@]2(C)[C@@H]1CCC(C)(O)C(O)CO. The van der Waals surface area contributed by atoms with Crippen molar-refractivity contribution < 1.29 is 20.1 Å². The van der Waals surface area contributed by atoms with E-state index in [2.05, 4.69) is 27.4 Å². The second-order valence-corrected chi connectivity index (χ2v) is 9.05. The largest absolute Gasteiger partial charge is 0.394 e. The summed E-state index contributed by atoms with van der Waals surface area (Å²) in [7, 11) is 0. The summed E-state index contributed by atoms with van der Waals surface area (Å²) in [5.41, 5.74) is -0.405. The number of carbonyl (C=O) groups excluding carboxylic acids is 1. The molecule has 2 rings (SSSR count). The summed E-state index contributed by atoms with van der Waals surface area (Å²) in [6, 6.07) is 0. The number of allylic oxidation sites excluding steroid dienone is 1. The highest BCUT2D eigenvalue weighted by molar-refractivity contribution is 5.85. The molecule has 4 heteroatoms. The summed E-state index contributed by atoms with van der Waals surface area (Å²) in [5, 5.41) is 29.4. The monoisotopic (exact) mass is 338 g/mol. The van der Waals surface area contributed by atoms with Crippen molar-refractivity contribution >= 4 is 5.78 Å². The Balaban J connectivity index is 2.22. The van der Waals surface area contributed by atoms with Crippen LogP contribution >= 0.6 is 0 Å². The molecule has 5 atom stereocenters. The summed E-state index contributed by atoms with van der Waals surface area (Å²) in [6.07, 6.45) is 3.40. The van der Waals surface area contributed by atoms with Crippen LogP contribution in [-0.4, -0.2) is 39.4 Å². The first-order valence-electron chi connectivity index (χ1n) is 9.19. The zero-order valence-electron chi connectivity index (χ0n) is 15.6. The predicted octanol–water partition coefficient (Wildman–Crippen LogP) is 2.85. The predicted molar refractivity (Wildman–Crippen MR) is 94.4 cm³/mol. The van der Waals surface area contributed by atoms with Gasteiger partial charge in [0, 0.05) is 11.8 Å². The van der Waals surface area contributed by atoms with Gasteiger partial charge in [-0.1, -0.05) is 32.9 Å². The average molecular weight is 338 g/mol. The summed E-state index contributed by atoms with van der Waals surface area (Å²) in [4.78, 5) is 12.4. The first-order chi connectivity index (χ1) is 11.0. The van der Waals surface area contributed by atoms with Crippen LogP contribution in [0.1, 0.15) is 66.2 Å². The summed E-state index contributed by atoms with van der Waals surface area (Å²) in [5.74, 6) is 0.925. The highest BCUT2D eigenvalue weighted by Crippen LogP contribution is 2.60. The Morgan fingerprint density at radius 2 is 1.96 bits per heavy atom. The molecule has 2 saturated carbocycles. The van der Waals surface area contributed by atoms with Crippen molar-refractivity contribution in [2.24, 2.45) is 22.7 Å². The van der Waals surface area contributed by atoms with Crippen molar-refractivity contribution in [3.05, 3.63) is 12.2 Å². The first kappa shape index (κ1) is 19.6. The van der Waals surface area contributed by atoms with E-state index in [0.717, 1.165) is 25.7 Å². The van der Waals surface area contributed by atoms with Gasteiger partial charge in [-0.3, -0.25) is 4.79 Å². The van der Waals surface area contributed by atoms with Gasteiger partial charge in [0.15, 0.2) is 0 Å². The van der Waals surface area contributed by atoms with Gasteiger partial charge in [-0.25, -0.2) is 0 Å². The maximum Gasteiger partial charge on any atom is 0.138 e. The van der Waals surface area contributed by atoms with Gasteiger partial charge in [0.05, 0.1) is 12.2 Å². The average Bonchev–Trinajstić information content (AvgIpc) is 2.49. The van der Waals surface area contributed by atoms with Crippen LogP contribution < -0.4 is 0 Å². The molecule has 0 aromatic rings. The van der Waals surface area contributed by atoms with Crippen molar-refractivity contribution in [2.45, 2.75) is 77.9 Å². The van der Waals surface area contributed by atoms with Gasteiger partial charge in [-0.15, -0.1) is 0 Å². The Morgan fingerprint density at radius 3 is 2.54 bits per heavy atom. The number of aliphatic hydroxyl groups is 3. The molecule has 24 heavy (non-hydrogen) atoms. The van der Waals surface area contributed by atoms with Crippen LogP contribution in [0.2, 0.25) is 0 Å². The summed E-state index contributed by atoms with van der Waals surface area (Å²) >= 11 is 0.